The van der Waals surface area contributed by atoms with Gasteiger partial charge in [0.25, 0.3) is 0 Å². The monoisotopic (exact) mass is 280 g/mol. The Morgan fingerprint density at radius 1 is 0.562 bits per heavy atom. The maximum absolute atomic E-state index is 2.19. The Bertz CT molecular complexity index is 464. The van der Waals surface area contributed by atoms with E-state index in [9.17, 15) is 0 Å². The van der Waals surface area contributed by atoms with E-state index in [1.54, 1.807) is 0 Å². The second-order valence-electron chi connectivity index (χ2n) is 3.23. The lowest BCUT2D eigenvalue weighted by molar-refractivity contribution is 1.21. The van der Waals surface area contributed by atoms with Gasteiger partial charge in [0.2, 0.25) is 0 Å². The molecule has 80 valence electrons. The van der Waals surface area contributed by atoms with Crippen molar-refractivity contribution >= 4 is 43.2 Å². The van der Waals surface area contributed by atoms with Crippen LogP contribution in [0.3, 0.4) is 0 Å². The molecule has 4 heteroatoms. The van der Waals surface area contributed by atoms with Gasteiger partial charge in [-0.25, -0.2) is 0 Å². The molecule has 2 aromatic carbocycles. The summed E-state index contributed by atoms with van der Waals surface area (Å²) in [5, 5.41) is 0. The SMILES string of the molecule is c1ccc2c(c1)SSSc1ccccc1S2. The second-order valence-corrected chi connectivity index (χ2v) is 8.30. The Hall–Kier alpha value is -0.160. The summed E-state index contributed by atoms with van der Waals surface area (Å²) in [6.07, 6.45) is 0. The highest BCUT2D eigenvalue weighted by Crippen LogP contribution is 2.53. The van der Waals surface area contributed by atoms with E-state index in [4.69, 9.17) is 0 Å². The number of rotatable bonds is 0. The Balaban J connectivity index is 2.06. The molecule has 0 aromatic heterocycles. The first-order valence-corrected chi connectivity index (χ1v) is 9.10. The molecule has 1 aliphatic rings. The van der Waals surface area contributed by atoms with Crippen LogP contribution < -0.4 is 0 Å². The van der Waals surface area contributed by atoms with E-state index in [1.807, 2.05) is 43.2 Å². The van der Waals surface area contributed by atoms with Crippen molar-refractivity contribution in [1.29, 1.82) is 0 Å². The van der Waals surface area contributed by atoms with Crippen molar-refractivity contribution in [2.24, 2.45) is 0 Å². The predicted octanol–water partition coefficient (Wildman–Crippen LogP) is 5.60. The van der Waals surface area contributed by atoms with Crippen molar-refractivity contribution < 1.29 is 0 Å². The molecule has 1 heterocycles. The molecule has 0 bridgehead atoms. The lowest BCUT2D eigenvalue weighted by Crippen LogP contribution is -1.82. The van der Waals surface area contributed by atoms with Crippen LogP contribution in [-0.2, 0) is 0 Å². The third kappa shape index (κ3) is 2.25. The van der Waals surface area contributed by atoms with Crippen LogP contribution in [0.25, 0.3) is 0 Å². The van der Waals surface area contributed by atoms with E-state index in [1.165, 1.54) is 19.6 Å². The van der Waals surface area contributed by atoms with Crippen LogP contribution in [0.1, 0.15) is 0 Å². The van der Waals surface area contributed by atoms with Gasteiger partial charge < -0.3 is 0 Å². The van der Waals surface area contributed by atoms with Crippen LogP contribution >= 0.6 is 43.2 Å². The van der Waals surface area contributed by atoms with Gasteiger partial charge in [-0.2, -0.15) is 0 Å². The summed E-state index contributed by atoms with van der Waals surface area (Å²) >= 11 is 1.86. The molecule has 0 amide bonds. The Morgan fingerprint density at radius 3 is 1.50 bits per heavy atom. The number of fused-ring (bicyclic) bond motifs is 2. The minimum atomic E-state index is 1.35. The highest BCUT2D eigenvalue weighted by atomic mass is 33.5. The molecule has 0 nitrogen and oxygen atoms in total. The fourth-order valence-corrected chi connectivity index (χ4v) is 6.89. The molecule has 0 saturated heterocycles. The summed E-state index contributed by atoms with van der Waals surface area (Å²) in [5.41, 5.74) is 0. The molecule has 1 aliphatic heterocycles. The summed E-state index contributed by atoms with van der Waals surface area (Å²) in [7, 11) is 5.52. The lowest BCUT2D eigenvalue weighted by atomic mass is 10.4. The topological polar surface area (TPSA) is 0 Å². The fourth-order valence-electron chi connectivity index (χ4n) is 1.42. The van der Waals surface area contributed by atoms with Crippen LogP contribution in [0.4, 0.5) is 0 Å². The van der Waals surface area contributed by atoms with Crippen molar-refractivity contribution in [3.05, 3.63) is 48.5 Å². The molecule has 2 aromatic rings. The minimum absolute atomic E-state index is 1.35. The van der Waals surface area contributed by atoms with Crippen molar-refractivity contribution in [2.75, 3.05) is 0 Å². The first kappa shape index (κ1) is 11.0. The molecule has 0 aliphatic carbocycles. The molecule has 0 N–H and O–H groups in total. The first-order chi connectivity index (χ1) is 7.93. The van der Waals surface area contributed by atoms with Crippen molar-refractivity contribution in [3.8, 4) is 0 Å². The van der Waals surface area contributed by atoms with E-state index in [2.05, 4.69) is 48.5 Å². The highest BCUT2D eigenvalue weighted by molar-refractivity contribution is 9.09. The summed E-state index contributed by atoms with van der Waals surface area (Å²) in [5.74, 6) is 0. The van der Waals surface area contributed by atoms with E-state index in [-0.39, 0.29) is 0 Å². The van der Waals surface area contributed by atoms with Gasteiger partial charge in [0.15, 0.2) is 0 Å². The first-order valence-electron chi connectivity index (χ1n) is 4.80. The zero-order chi connectivity index (χ0) is 10.8. The van der Waals surface area contributed by atoms with E-state index in [0.717, 1.165) is 0 Å². The lowest BCUT2D eigenvalue weighted by Gasteiger charge is -2.14. The third-order valence-electron chi connectivity index (χ3n) is 2.17. The van der Waals surface area contributed by atoms with Crippen LogP contribution in [0.5, 0.6) is 0 Å². The van der Waals surface area contributed by atoms with Gasteiger partial charge in [-0.3, -0.25) is 0 Å². The normalized spacial score (nSPS) is 14.5. The molecular formula is C12H8S4. The van der Waals surface area contributed by atoms with Gasteiger partial charge in [0.1, 0.15) is 0 Å². The van der Waals surface area contributed by atoms with Crippen LogP contribution in [0.15, 0.2) is 68.1 Å². The zero-order valence-electron chi connectivity index (χ0n) is 8.25. The van der Waals surface area contributed by atoms with E-state index < -0.39 is 0 Å². The van der Waals surface area contributed by atoms with Crippen LogP contribution in [0, 0.1) is 0 Å². The molecule has 0 spiro atoms. The highest BCUT2D eigenvalue weighted by Gasteiger charge is 2.12. The average Bonchev–Trinajstić information content (AvgIpc) is 2.29. The van der Waals surface area contributed by atoms with Gasteiger partial charge in [-0.1, -0.05) is 36.0 Å². The molecule has 16 heavy (non-hydrogen) atoms. The van der Waals surface area contributed by atoms with Crippen molar-refractivity contribution in [3.63, 3.8) is 0 Å². The smallest absolute Gasteiger partial charge is 0.0330 e. The zero-order valence-corrected chi connectivity index (χ0v) is 11.5. The van der Waals surface area contributed by atoms with Gasteiger partial charge in [-0.15, -0.1) is 0 Å². The summed E-state index contributed by atoms with van der Waals surface area (Å²) < 4.78 is 0. The molecule has 3 rings (SSSR count). The van der Waals surface area contributed by atoms with E-state index >= 15 is 0 Å². The summed E-state index contributed by atoms with van der Waals surface area (Å²) in [4.78, 5) is 5.43. The van der Waals surface area contributed by atoms with Crippen molar-refractivity contribution in [1.82, 2.24) is 0 Å². The Morgan fingerprint density at radius 2 is 1.00 bits per heavy atom. The molecule has 0 saturated carbocycles. The van der Waals surface area contributed by atoms with Crippen molar-refractivity contribution in [2.45, 2.75) is 19.6 Å². The Labute approximate surface area is 111 Å². The fraction of sp³-hybridized carbons (Fsp3) is 0. The standard InChI is InChI=1S/C12H8S4/c1-3-7-11-9(5-1)13-10-6-2-4-8-12(10)15-16-14-11/h1-8H. The summed E-state index contributed by atoms with van der Waals surface area (Å²) in [6, 6.07) is 17.2. The molecule has 0 fully saturated rings. The van der Waals surface area contributed by atoms with Gasteiger partial charge in [0.05, 0.1) is 0 Å². The molecular weight excluding hydrogens is 272 g/mol. The average molecular weight is 280 g/mol. The molecule has 0 radical (unpaired) electrons. The largest absolute Gasteiger partial charge is 0.0877 e. The Kier molecular flexibility index (Phi) is 3.43. The van der Waals surface area contributed by atoms with Gasteiger partial charge in [0, 0.05) is 19.6 Å². The molecule has 0 unspecified atom stereocenters. The predicted molar refractivity (Wildman–Crippen MR) is 76.3 cm³/mol. The molecule has 0 atom stereocenters. The maximum atomic E-state index is 2.19. The third-order valence-corrected chi connectivity index (χ3v) is 7.49. The number of hydrogen-bond acceptors (Lipinski definition) is 4. The second kappa shape index (κ2) is 5.00. The van der Waals surface area contributed by atoms with Crippen LogP contribution in [-0.4, -0.2) is 0 Å². The van der Waals surface area contributed by atoms with E-state index in [0.29, 0.717) is 0 Å². The maximum Gasteiger partial charge on any atom is 0.0330 e. The number of benzene rings is 2. The minimum Gasteiger partial charge on any atom is -0.0877 e. The quantitative estimate of drug-likeness (QED) is 0.576. The number of hydrogen-bond donors (Lipinski definition) is 0. The summed E-state index contributed by atoms with van der Waals surface area (Å²) in [6.45, 7) is 0. The van der Waals surface area contributed by atoms with Crippen LogP contribution in [0.2, 0.25) is 0 Å². The van der Waals surface area contributed by atoms with Gasteiger partial charge >= 0.3 is 0 Å². The van der Waals surface area contributed by atoms with Gasteiger partial charge in [-0.05, 0) is 55.7 Å².